The van der Waals surface area contributed by atoms with Crippen LogP contribution in [0.5, 0.6) is 0 Å². The number of nitrogen functional groups attached to an aromatic ring is 1. The molecule has 0 aliphatic heterocycles. The molecule has 19 heavy (non-hydrogen) atoms. The Morgan fingerprint density at radius 2 is 2.05 bits per heavy atom. The van der Waals surface area contributed by atoms with E-state index < -0.39 is 28.6 Å². The Kier molecular flexibility index (Phi) is 4.86. The molecule has 1 aromatic heterocycles. The van der Waals surface area contributed by atoms with Crippen molar-refractivity contribution in [3.05, 3.63) is 16.8 Å². The van der Waals surface area contributed by atoms with Crippen molar-refractivity contribution in [3.8, 4) is 0 Å². The quantitative estimate of drug-likeness (QED) is 0.747. The number of pyridine rings is 1. The lowest BCUT2D eigenvalue weighted by Gasteiger charge is -2.21. The van der Waals surface area contributed by atoms with E-state index in [9.17, 15) is 13.2 Å². The molecule has 0 saturated heterocycles. The first-order valence-corrected chi connectivity index (χ1v) is 5.95. The fraction of sp³-hybridized carbons (Fsp3) is 0.545. The average Bonchev–Trinajstić information content (AvgIpc) is 2.28. The first-order chi connectivity index (χ1) is 8.66. The Labute approximate surface area is 113 Å². The van der Waals surface area contributed by atoms with E-state index in [0.717, 1.165) is 6.07 Å². The summed E-state index contributed by atoms with van der Waals surface area (Å²) in [6, 6.07) is 0.361. The minimum absolute atomic E-state index is 0.0115. The first-order valence-electron chi connectivity index (χ1n) is 5.57. The molecular formula is C11H15ClF3N3O. The number of nitrogens with two attached hydrogens (primary N) is 1. The lowest BCUT2D eigenvalue weighted by atomic mass is 10.1. The van der Waals surface area contributed by atoms with Crippen molar-refractivity contribution in [1.82, 2.24) is 4.98 Å². The van der Waals surface area contributed by atoms with Crippen LogP contribution in [0.3, 0.4) is 0 Å². The van der Waals surface area contributed by atoms with Crippen molar-refractivity contribution in [3.63, 3.8) is 0 Å². The van der Waals surface area contributed by atoms with Gasteiger partial charge in [0.25, 0.3) is 0 Å². The van der Waals surface area contributed by atoms with Crippen LogP contribution < -0.4 is 11.1 Å². The third kappa shape index (κ3) is 3.87. The predicted octanol–water partition coefficient (Wildman–Crippen LogP) is 2.76. The number of hydrogen-bond donors (Lipinski definition) is 3. The van der Waals surface area contributed by atoms with Crippen molar-refractivity contribution in [2.45, 2.75) is 26.1 Å². The smallest absolute Gasteiger partial charge is 0.396 e. The zero-order chi connectivity index (χ0) is 14.8. The van der Waals surface area contributed by atoms with Crippen LogP contribution in [0, 0.1) is 5.92 Å². The maximum absolute atomic E-state index is 12.7. The van der Waals surface area contributed by atoms with Crippen LogP contribution in [-0.2, 0) is 6.18 Å². The van der Waals surface area contributed by atoms with E-state index in [2.05, 4.69) is 10.3 Å². The highest BCUT2D eigenvalue weighted by Gasteiger charge is 2.35. The van der Waals surface area contributed by atoms with Gasteiger partial charge >= 0.3 is 6.18 Å². The molecule has 0 aliphatic carbocycles. The van der Waals surface area contributed by atoms with E-state index >= 15 is 0 Å². The molecule has 0 amide bonds. The molecule has 0 radical (unpaired) electrons. The summed E-state index contributed by atoms with van der Waals surface area (Å²) in [6.45, 7) is 3.40. The number of hydrogen-bond acceptors (Lipinski definition) is 4. The summed E-state index contributed by atoms with van der Waals surface area (Å²) >= 11 is 5.59. The molecule has 1 rings (SSSR count). The molecule has 1 aromatic rings. The highest BCUT2D eigenvalue weighted by Crippen LogP contribution is 2.37. The minimum atomic E-state index is -4.61. The second kappa shape index (κ2) is 5.83. The topological polar surface area (TPSA) is 71.2 Å². The summed E-state index contributed by atoms with van der Waals surface area (Å²) in [5.41, 5.74) is 3.62. The SMILES string of the molecule is CC(C)C(CO)Nc1cc(C(F)(F)F)c(N)c(Cl)n1. The average molecular weight is 298 g/mol. The van der Waals surface area contributed by atoms with Gasteiger partial charge in [-0.2, -0.15) is 13.2 Å². The summed E-state index contributed by atoms with van der Waals surface area (Å²) in [5, 5.41) is 11.4. The van der Waals surface area contributed by atoms with E-state index in [4.69, 9.17) is 22.4 Å². The summed E-state index contributed by atoms with van der Waals surface area (Å²) in [4.78, 5) is 3.74. The molecule has 1 unspecified atom stereocenters. The number of nitrogens with one attached hydrogen (secondary N) is 1. The van der Waals surface area contributed by atoms with Crippen LogP contribution in [-0.4, -0.2) is 22.7 Å². The maximum Gasteiger partial charge on any atom is 0.418 e. The summed E-state index contributed by atoms with van der Waals surface area (Å²) < 4.78 is 38.2. The van der Waals surface area contributed by atoms with Crippen LogP contribution in [0.4, 0.5) is 24.7 Å². The van der Waals surface area contributed by atoms with Gasteiger partial charge in [-0.3, -0.25) is 0 Å². The molecule has 0 aliphatic rings. The Hall–Kier alpha value is -1.21. The van der Waals surface area contributed by atoms with E-state index in [-0.39, 0.29) is 18.3 Å². The fourth-order valence-corrected chi connectivity index (χ4v) is 1.64. The molecule has 0 saturated carbocycles. The molecule has 1 heterocycles. The van der Waals surface area contributed by atoms with Gasteiger partial charge in [0, 0.05) is 0 Å². The molecule has 1 atom stereocenters. The second-order valence-corrected chi connectivity index (χ2v) is 4.79. The molecule has 4 N–H and O–H groups in total. The second-order valence-electron chi connectivity index (χ2n) is 4.43. The van der Waals surface area contributed by atoms with Crippen molar-refractivity contribution in [2.75, 3.05) is 17.7 Å². The lowest BCUT2D eigenvalue weighted by molar-refractivity contribution is -0.136. The van der Waals surface area contributed by atoms with Gasteiger partial charge in [0.15, 0.2) is 5.15 Å². The van der Waals surface area contributed by atoms with Crippen molar-refractivity contribution in [2.24, 2.45) is 5.92 Å². The van der Waals surface area contributed by atoms with E-state index in [0.29, 0.717) is 0 Å². The Bertz CT molecular complexity index is 452. The number of aliphatic hydroxyl groups excluding tert-OH is 1. The minimum Gasteiger partial charge on any atom is -0.396 e. The lowest BCUT2D eigenvalue weighted by Crippen LogP contribution is -2.30. The van der Waals surface area contributed by atoms with Gasteiger partial charge in [-0.1, -0.05) is 25.4 Å². The van der Waals surface area contributed by atoms with Crippen LogP contribution in [0.1, 0.15) is 19.4 Å². The fourth-order valence-electron chi connectivity index (χ4n) is 1.45. The molecule has 0 aromatic carbocycles. The molecular weight excluding hydrogens is 283 g/mol. The third-order valence-electron chi connectivity index (χ3n) is 2.65. The van der Waals surface area contributed by atoms with Crippen LogP contribution in [0.2, 0.25) is 5.15 Å². The number of alkyl halides is 3. The standard InChI is InChI=1S/C11H15ClF3N3O/c1-5(2)7(4-19)17-8-3-6(11(13,14)15)9(16)10(12)18-8/h3,5,7,19H,4,16H2,1-2H3,(H,17,18). The number of anilines is 2. The molecule has 4 nitrogen and oxygen atoms in total. The number of nitrogens with zero attached hydrogens (tertiary/aromatic N) is 1. The van der Waals surface area contributed by atoms with Gasteiger partial charge in [0.05, 0.1) is 23.9 Å². The van der Waals surface area contributed by atoms with Gasteiger partial charge < -0.3 is 16.2 Å². The molecule has 108 valence electrons. The van der Waals surface area contributed by atoms with Gasteiger partial charge in [-0.05, 0) is 12.0 Å². The summed E-state index contributed by atoms with van der Waals surface area (Å²) in [5.74, 6) is -0.0586. The van der Waals surface area contributed by atoms with Crippen molar-refractivity contribution < 1.29 is 18.3 Å². The highest BCUT2D eigenvalue weighted by molar-refractivity contribution is 6.32. The zero-order valence-corrected chi connectivity index (χ0v) is 11.2. The molecule has 0 bridgehead atoms. The number of aromatic nitrogens is 1. The van der Waals surface area contributed by atoms with Gasteiger partial charge in [0.2, 0.25) is 0 Å². The van der Waals surface area contributed by atoms with E-state index in [1.54, 1.807) is 0 Å². The van der Waals surface area contributed by atoms with E-state index in [1.165, 1.54) is 0 Å². The Balaban J connectivity index is 3.14. The van der Waals surface area contributed by atoms with E-state index in [1.807, 2.05) is 13.8 Å². The zero-order valence-electron chi connectivity index (χ0n) is 10.4. The van der Waals surface area contributed by atoms with Crippen LogP contribution >= 0.6 is 11.6 Å². The molecule has 0 fully saturated rings. The van der Waals surface area contributed by atoms with Gasteiger partial charge in [-0.15, -0.1) is 0 Å². The molecule has 0 spiro atoms. The number of aliphatic hydroxyl groups is 1. The summed E-state index contributed by atoms with van der Waals surface area (Å²) in [7, 11) is 0. The first kappa shape index (κ1) is 15.8. The predicted molar refractivity (Wildman–Crippen MR) is 68.0 cm³/mol. The maximum atomic E-state index is 12.7. The number of halogens is 4. The Morgan fingerprint density at radius 3 is 2.47 bits per heavy atom. The largest absolute Gasteiger partial charge is 0.418 e. The summed E-state index contributed by atoms with van der Waals surface area (Å²) in [6.07, 6.45) is -4.61. The van der Waals surface area contributed by atoms with Crippen LogP contribution in [0.25, 0.3) is 0 Å². The Morgan fingerprint density at radius 1 is 1.47 bits per heavy atom. The molecule has 8 heteroatoms. The van der Waals surface area contributed by atoms with Crippen LogP contribution in [0.15, 0.2) is 6.07 Å². The normalized spacial score (nSPS) is 13.7. The van der Waals surface area contributed by atoms with Crippen molar-refractivity contribution in [1.29, 1.82) is 0 Å². The third-order valence-corrected chi connectivity index (χ3v) is 2.94. The highest BCUT2D eigenvalue weighted by atomic mass is 35.5. The monoisotopic (exact) mass is 297 g/mol. The van der Waals surface area contributed by atoms with Gasteiger partial charge in [0.1, 0.15) is 5.82 Å². The number of rotatable bonds is 4. The van der Waals surface area contributed by atoms with Crippen molar-refractivity contribution >= 4 is 23.1 Å². The van der Waals surface area contributed by atoms with Gasteiger partial charge in [-0.25, -0.2) is 4.98 Å².